The van der Waals surface area contributed by atoms with Gasteiger partial charge in [-0.15, -0.1) is 0 Å². The van der Waals surface area contributed by atoms with E-state index in [4.69, 9.17) is 9.72 Å². The molecule has 6 nitrogen and oxygen atoms in total. The van der Waals surface area contributed by atoms with E-state index in [-0.39, 0.29) is 11.4 Å². The Labute approximate surface area is 185 Å². The van der Waals surface area contributed by atoms with Gasteiger partial charge < -0.3 is 14.7 Å². The molecule has 31 heavy (non-hydrogen) atoms. The summed E-state index contributed by atoms with van der Waals surface area (Å²) in [5.41, 5.74) is 2.64. The minimum atomic E-state index is -0.502. The molecule has 2 aromatic rings. The van der Waals surface area contributed by atoms with Crippen LogP contribution in [0.3, 0.4) is 0 Å². The van der Waals surface area contributed by atoms with Gasteiger partial charge in [-0.25, -0.2) is 14.4 Å². The number of aryl methyl sites for hydroxylation is 2. The number of hydrogen-bond donors (Lipinski definition) is 1. The molecule has 7 heteroatoms. The van der Waals surface area contributed by atoms with Crippen molar-refractivity contribution < 1.29 is 14.2 Å². The molecule has 3 rings (SSSR count). The van der Waals surface area contributed by atoms with E-state index in [0.29, 0.717) is 19.6 Å². The molecular weight excluding hydrogens is 395 g/mol. The van der Waals surface area contributed by atoms with Crippen molar-refractivity contribution in [3.63, 3.8) is 0 Å². The van der Waals surface area contributed by atoms with E-state index < -0.39 is 6.10 Å². The number of aliphatic hydroxyl groups excluding tert-OH is 1. The Hall–Kier alpha value is -2.09. The molecule has 0 aliphatic carbocycles. The maximum absolute atomic E-state index is 13.7. The molecule has 170 valence electrons. The second kappa shape index (κ2) is 10.0. The van der Waals surface area contributed by atoms with E-state index >= 15 is 0 Å². The van der Waals surface area contributed by atoms with Crippen molar-refractivity contribution in [3.05, 3.63) is 52.7 Å². The number of piperazine rings is 1. The van der Waals surface area contributed by atoms with Gasteiger partial charge in [0.25, 0.3) is 0 Å². The highest BCUT2D eigenvalue weighted by molar-refractivity contribution is 5.51. The van der Waals surface area contributed by atoms with Gasteiger partial charge in [0, 0.05) is 50.4 Å². The first kappa shape index (κ1) is 23.6. The summed E-state index contributed by atoms with van der Waals surface area (Å²) in [6, 6.07) is 6.71. The standard InChI is InChI=1S/C24H35FN4O2/c1-17-22(14-19-7-6-8-20(25)13-19)23(27-18(2)26-17)29-11-9-28(10-12-29)15-21(30)16-31-24(3,4)5/h6-8,13,21,30H,9-12,14-16H2,1-5H3/t21-/m1/s1. The van der Waals surface area contributed by atoms with E-state index in [1.807, 2.05) is 40.7 Å². The fraction of sp³-hybridized carbons (Fsp3) is 0.583. The maximum Gasteiger partial charge on any atom is 0.136 e. The van der Waals surface area contributed by atoms with Crippen molar-refractivity contribution in [1.29, 1.82) is 0 Å². The second-order valence-corrected chi connectivity index (χ2v) is 9.33. The number of hydrogen-bond acceptors (Lipinski definition) is 6. The topological polar surface area (TPSA) is 61.7 Å². The number of rotatable bonds is 7. The second-order valence-electron chi connectivity index (χ2n) is 9.33. The maximum atomic E-state index is 13.7. The average Bonchev–Trinajstić information content (AvgIpc) is 2.68. The van der Waals surface area contributed by atoms with Crippen LogP contribution in [0.4, 0.5) is 10.2 Å². The van der Waals surface area contributed by atoms with Crippen LogP contribution in [0, 0.1) is 19.7 Å². The van der Waals surface area contributed by atoms with E-state index in [9.17, 15) is 9.50 Å². The van der Waals surface area contributed by atoms with Gasteiger partial charge in [0.2, 0.25) is 0 Å². The number of anilines is 1. The lowest BCUT2D eigenvalue weighted by molar-refractivity contribution is -0.0563. The smallest absolute Gasteiger partial charge is 0.136 e. The zero-order chi connectivity index (χ0) is 22.6. The molecule has 2 heterocycles. The molecule has 1 fully saturated rings. The zero-order valence-electron chi connectivity index (χ0n) is 19.4. The molecule has 1 aliphatic rings. The van der Waals surface area contributed by atoms with Crippen LogP contribution in [0.2, 0.25) is 0 Å². The minimum Gasteiger partial charge on any atom is -0.389 e. The zero-order valence-corrected chi connectivity index (χ0v) is 19.4. The van der Waals surface area contributed by atoms with Crippen molar-refractivity contribution >= 4 is 5.82 Å². The lowest BCUT2D eigenvalue weighted by Gasteiger charge is -2.37. The van der Waals surface area contributed by atoms with Crippen LogP contribution < -0.4 is 4.90 Å². The average molecular weight is 431 g/mol. The molecule has 1 N–H and O–H groups in total. The van der Waals surface area contributed by atoms with Crippen LogP contribution in [-0.2, 0) is 11.2 Å². The van der Waals surface area contributed by atoms with Crippen LogP contribution in [0.1, 0.15) is 43.4 Å². The van der Waals surface area contributed by atoms with Crippen LogP contribution in [0.25, 0.3) is 0 Å². The summed E-state index contributed by atoms with van der Waals surface area (Å²) < 4.78 is 19.4. The van der Waals surface area contributed by atoms with Crippen LogP contribution in [0.15, 0.2) is 24.3 Å². The third kappa shape index (κ3) is 6.95. The number of halogens is 1. The lowest BCUT2D eigenvalue weighted by Crippen LogP contribution is -2.50. The van der Waals surface area contributed by atoms with E-state index in [0.717, 1.165) is 54.6 Å². The quantitative estimate of drug-likeness (QED) is 0.728. The summed E-state index contributed by atoms with van der Waals surface area (Å²) in [5, 5.41) is 10.3. The molecule has 0 saturated carbocycles. The number of aromatic nitrogens is 2. The SMILES string of the molecule is Cc1nc(C)c(Cc2cccc(F)c2)c(N2CCN(C[C@@H](O)COC(C)(C)C)CC2)n1. The van der Waals surface area contributed by atoms with Crippen LogP contribution in [-0.4, -0.2) is 71.0 Å². The summed E-state index contributed by atoms with van der Waals surface area (Å²) in [5.74, 6) is 1.45. The molecule has 1 aliphatic heterocycles. The molecule has 1 atom stereocenters. The fourth-order valence-corrected chi connectivity index (χ4v) is 3.88. The molecule has 1 saturated heterocycles. The Morgan fingerprint density at radius 3 is 2.48 bits per heavy atom. The van der Waals surface area contributed by atoms with Crippen molar-refractivity contribution in [2.75, 3.05) is 44.2 Å². The lowest BCUT2D eigenvalue weighted by atomic mass is 10.0. The molecule has 1 aromatic carbocycles. The van der Waals surface area contributed by atoms with E-state index in [2.05, 4.69) is 14.8 Å². The fourth-order valence-electron chi connectivity index (χ4n) is 3.88. The Morgan fingerprint density at radius 2 is 1.84 bits per heavy atom. The number of ether oxygens (including phenoxy) is 1. The number of aliphatic hydroxyl groups is 1. The summed E-state index contributed by atoms with van der Waals surface area (Å²) in [7, 11) is 0. The molecule has 1 aromatic heterocycles. The van der Waals surface area contributed by atoms with E-state index in [1.165, 1.54) is 6.07 Å². The Morgan fingerprint density at radius 1 is 1.13 bits per heavy atom. The summed E-state index contributed by atoms with van der Waals surface area (Å²) in [4.78, 5) is 13.9. The molecule has 0 unspecified atom stereocenters. The third-order valence-corrected chi connectivity index (χ3v) is 5.42. The normalized spacial score (nSPS) is 16.5. The highest BCUT2D eigenvalue weighted by atomic mass is 19.1. The monoisotopic (exact) mass is 430 g/mol. The minimum absolute atomic E-state index is 0.229. The van der Waals surface area contributed by atoms with Gasteiger partial charge in [0.15, 0.2) is 0 Å². The predicted molar refractivity (Wildman–Crippen MR) is 121 cm³/mol. The van der Waals surface area contributed by atoms with Gasteiger partial charge in [-0.05, 0) is 52.3 Å². The first-order valence-electron chi connectivity index (χ1n) is 11.0. The van der Waals surface area contributed by atoms with Crippen molar-refractivity contribution in [2.45, 2.75) is 52.7 Å². The summed E-state index contributed by atoms with van der Waals surface area (Å²) in [6.07, 6.45) is 0.0975. The van der Waals surface area contributed by atoms with E-state index in [1.54, 1.807) is 12.1 Å². The molecule has 0 radical (unpaired) electrons. The third-order valence-electron chi connectivity index (χ3n) is 5.42. The van der Waals surface area contributed by atoms with Gasteiger partial charge in [-0.2, -0.15) is 0 Å². The van der Waals surface area contributed by atoms with Crippen LogP contribution in [0.5, 0.6) is 0 Å². The first-order chi connectivity index (χ1) is 14.6. The number of benzene rings is 1. The number of β-amino-alcohol motifs (C(OH)–C–C–N with tert-alkyl or cyclic N) is 1. The Kier molecular flexibility index (Phi) is 7.62. The van der Waals surface area contributed by atoms with Crippen LogP contribution >= 0.6 is 0 Å². The predicted octanol–water partition coefficient (Wildman–Crippen LogP) is 3.12. The van der Waals surface area contributed by atoms with Crippen molar-refractivity contribution in [2.24, 2.45) is 0 Å². The van der Waals surface area contributed by atoms with Gasteiger partial charge in [0.1, 0.15) is 17.5 Å². The summed E-state index contributed by atoms with van der Waals surface area (Å²) in [6.45, 7) is 14.1. The molecule has 0 spiro atoms. The van der Waals surface area contributed by atoms with Gasteiger partial charge in [0.05, 0.1) is 18.3 Å². The molecule has 0 bridgehead atoms. The van der Waals surface area contributed by atoms with Gasteiger partial charge in [-0.1, -0.05) is 12.1 Å². The highest BCUT2D eigenvalue weighted by Crippen LogP contribution is 2.25. The van der Waals surface area contributed by atoms with Gasteiger partial charge in [-0.3, -0.25) is 4.90 Å². The highest BCUT2D eigenvalue weighted by Gasteiger charge is 2.24. The summed E-state index contributed by atoms with van der Waals surface area (Å²) >= 11 is 0. The Balaban J connectivity index is 1.66. The Bertz CT molecular complexity index is 876. The molecule has 0 amide bonds. The van der Waals surface area contributed by atoms with Crippen molar-refractivity contribution in [1.82, 2.24) is 14.9 Å². The van der Waals surface area contributed by atoms with Crippen molar-refractivity contribution in [3.8, 4) is 0 Å². The largest absolute Gasteiger partial charge is 0.389 e. The first-order valence-corrected chi connectivity index (χ1v) is 11.0. The molecular formula is C24H35FN4O2. The van der Waals surface area contributed by atoms with Gasteiger partial charge >= 0.3 is 0 Å². The number of nitrogens with zero attached hydrogens (tertiary/aromatic N) is 4.